The summed E-state index contributed by atoms with van der Waals surface area (Å²) in [7, 11) is 0. The van der Waals surface area contributed by atoms with E-state index in [1.165, 1.54) is 17.4 Å². The van der Waals surface area contributed by atoms with Crippen LogP contribution in [0.25, 0.3) is 0 Å². The van der Waals surface area contributed by atoms with Crippen molar-refractivity contribution in [3.05, 3.63) is 52.0 Å². The van der Waals surface area contributed by atoms with E-state index in [1.54, 1.807) is 6.07 Å². The molecule has 2 unspecified atom stereocenters. The molecule has 3 nitrogen and oxygen atoms in total. The zero-order valence-corrected chi connectivity index (χ0v) is 11.3. The lowest BCUT2D eigenvalue weighted by Crippen LogP contribution is -2.24. The molecule has 0 saturated heterocycles. The number of aromatic hydroxyl groups is 1. The van der Waals surface area contributed by atoms with Gasteiger partial charge in [0.05, 0.1) is 6.10 Å². The van der Waals surface area contributed by atoms with Crippen molar-refractivity contribution >= 4 is 11.3 Å². The van der Waals surface area contributed by atoms with Crippen molar-refractivity contribution in [3.8, 4) is 5.75 Å². The highest BCUT2D eigenvalue weighted by atomic mass is 32.1. The van der Waals surface area contributed by atoms with Crippen LogP contribution in [-0.2, 0) is 0 Å². The summed E-state index contributed by atoms with van der Waals surface area (Å²) in [6.07, 6.45) is -0.587. The normalized spacial score (nSPS) is 14.3. The Morgan fingerprint density at radius 2 is 2.16 bits per heavy atom. The topological polar surface area (TPSA) is 52.5 Å². The first kappa shape index (κ1) is 14.0. The molecule has 0 bridgehead atoms. The first-order valence-corrected chi connectivity index (χ1v) is 6.94. The third-order valence-corrected chi connectivity index (χ3v) is 3.71. The molecule has 5 heteroatoms. The van der Waals surface area contributed by atoms with Crippen LogP contribution in [0.4, 0.5) is 4.39 Å². The van der Waals surface area contributed by atoms with Crippen LogP contribution in [0, 0.1) is 5.82 Å². The van der Waals surface area contributed by atoms with Gasteiger partial charge in [0.1, 0.15) is 11.6 Å². The summed E-state index contributed by atoms with van der Waals surface area (Å²) in [4.78, 5) is 0. The number of nitrogens with one attached hydrogen (secondary N) is 1. The van der Waals surface area contributed by atoms with Crippen LogP contribution in [0.1, 0.15) is 30.2 Å². The molecule has 1 aromatic heterocycles. The van der Waals surface area contributed by atoms with Crippen molar-refractivity contribution in [2.24, 2.45) is 0 Å². The molecule has 0 aliphatic carbocycles. The fourth-order valence-electron chi connectivity index (χ4n) is 1.86. The van der Waals surface area contributed by atoms with Gasteiger partial charge in [0.25, 0.3) is 0 Å². The molecule has 3 N–H and O–H groups in total. The molecule has 2 aromatic rings. The standard InChI is InChI=1S/C14H16FNO2S/c1-9(12-3-2-11(15)6-13(12)17)16-7-14(18)10-4-5-19-8-10/h2-6,8-9,14,16-18H,7H2,1H3. The second-order valence-electron chi connectivity index (χ2n) is 4.41. The lowest BCUT2D eigenvalue weighted by atomic mass is 10.1. The van der Waals surface area contributed by atoms with Gasteiger partial charge in [-0.3, -0.25) is 0 Å². The van der Waals surface area contributed by atoms with Crippen LogP contribution in [0.3, 0.4) is 0 Å². The number of benzene rings is 1. The number of halogens is 1. The maximum atomic E-state index is 12.9. The molecule has 0 spiro atoms. The Balaban J connectivity index is 1.96. The van der Waals surface area contributed by atoms with Crippen molar-refractivity contribution < 1.29 is 14.6 Å². The third kappa shape index (κ3) is 3.53. The zero-order chi connectivity index (χ0) is 13.8. The summed E-state index contributed by atoms with van der Waals surface area (Å²) in [6, 6.07) is 5.63. The van der Waals surface area contributed by atoms with Crippen molar-refractivity contribution in [2.75, 3.05) is 6.54 Å². The SMILES string of the molecule is CC(NCC(O)c1ccsc1)c1ccc(F)cc1O. The van der Waals surface area contributed by atoms with E-state index in [0.717, 1.165) is 11.6 Å². The van der Waals surface area contributed by atoms with E-state index in [1.807, 2.05) is 23.8 Å². The second-order valence-corrected chi connectivity index (χ2v) is 5.19. The molecule has 0 fully saturated rings. The number of thiophene rings is 1. The van der Waals surface area contributed by atoms with Gasteiger partial charge in [-0.1, -0.05) is 6.07 Å². The van der Waals surface area contributed by atoms with E-state index in [2.05, 4.69) is 5.32 Å². The van der Waals surface area contributed by atoms with Crippen LogP contribution >= 0.6 is 11.3 Å². The molecule has 1 heterocycles. The van der Waals surface area contributed by atoms with E-state index < -0.39 is 11.9 Å². The molecular weight excluding hydrogens is 265 g/mol. The van der Waals surface area contributed by atoms with Gasteiger partial charge in [0, 0.05) is 24.2 Å². The van der Waals surface area contributed by atoms with E-state index in [9.17, 15) is 14.6 Å². The monoisotopic (exact) mass is 281 g/mol. The first-order valence-electron chi connectivity index (χ1n) is 6.00. The first-order chi connectivity index (χ1) is 9.08. The number of phenolic OH excluding ortho intramolecular Hbond substituents is 1. The average Bonchev–Trinajstić information content (AvgIpc) is 2.89. The molecule has 2 rings (SSSR count). The van der Waals surface area contributed by atoms with Gasteiger partial charge in [-0.25, -0.2) is 4.39 Å². The number of rotatable bonds is 5. The quantitative estimate of drug-likeness (QED) is 0.789. The van der Waals surface area contributed by atoms with Crippen molar-refractivity contribution in [1.29, 1.82) is 0 Å². The highest BCUT2D eigenvalue weighted by Gasteiger charge is 2.13. The van der Waals surface area contributed by atoms with Crippen molar-refractivity contribution in [2.45, 2.75) is 19.1 Å². The largest absolute Gasteiger partial charge is 0.508 e. The lowest BCUT2D eigenvalue weighted by molar-refractivity contribution is 0.171. The zero-order valence-electron chi connectivity index (χ0n) is 10.5. The predicted molar refractivity (Wildman–Crippen MR) is 73.8 cm³/mol. The predicted octanol–water partition coefficient (Wildman–Crippen LogP) is 2.98. The van der Waals surface area contributed by atoms with E-state index in [0.29, 0.717) is 12.1 Å². The summed E-state index contributed by atoms with van der Waals surface area (Å²) >= 11 is 1.53. The maximum Gasteiger partial charge on any atom is 0.126 e. The van der Waals surface area contributed by atoms with Gasteiger partial charge in [0.15, 0.2) is 0 Å². The number of phenols is 1. The summed E-state index contributed by atoms with van der Waals surface area (Å²) in [6.45, 7) is 2.22. The minimum atomic E-state index is -0.587. The smallest absolute Gasteiger partial charge is 0.126 e. The van der Waals surface area contributed by atoms with Gasteiger partial charge < -0.3 is 15.5 Å². The summed E-state index contributed by atoms with van der Waals surface area (Å²) in [5.74, 6) is -0.545. The fourth-order valence-corrected chi connectivity index (χ4v) is 2.57. The van der Waals surface area contributed by atoms with E-state index in [-0.39, 0.29) is 11.8 Å². The van der Waals surface area contributed by atoms with Gasteiger partial charge in [-0.15, -0.1) is 0 Å². The number of aliphatic hydroxyl groups is 1. The maximum absolute atomic E-state index is 12.9. The van der Waals surface area contributed by atoms with Gasteiger partial charge >= 0.3 is 0 Å². The van der Waals surface area contributed by atoms with Gasteiger partial charge in [-0.2, -0.15) is 11.3 Å². The summed E-state index contributed by atoms with van der Waals surface area (Å²) in [5.41, 5.74) is 1.48. The molecule has 0 aliphatic rings. The average molecular weight is 281 g/mol. The van der Waals surface area contributed by atoms with Crippen molar-refractivity contribution in [3.63, 3.8) is 0 Å². The van der Waals surface area contributed by atoms with Crippen LogP contribution < -0.4 is 5.32 Å². The highest BCUT2D eigenvalue weighted by molar-refractivity contribution is 7.07. The Bertz CT molecular complexity index is 530. The Hall–Kier alpha value is -1.43. The molecule has 2 atom stereocenters. The van der Waals surface area contributed by atoms with E-state index in [4.69, 9.17) is 0 Å². The number of aliphatic hydroxyl groups excluding tert-OH is 1. The van der Waals surface area contributed by atoms with Crippen LogP contribution in [0.2, 0.25) is 0 Å². The Kier molecular flexibility index (Phi) is 4.52. The highest BCUT2D eigenvalue weighted by Crippen LogP contribution is 2.25. The van der Waals surface area contributed by atoms with E-state index >= 15 is 0 Å². The summed E-state index contributed by atoms with van der Waals surface area (Å²) < 4.78 is 12.9. The lowest BCUT2D eigenvalue weighted by Gasteiger charge is -2.18. The summed E-state index contributed by atoms with van der Waals surface area (Å²) in [5, 5.41) is 26.5. The molecule has 0 radical (unpaired) electrons. The van der Waals surface area contributed by atoms with Gasteiger partial charge in [0.2, 0.25) is 0 Å². The molecule has 0 amide bonds. The molecule has 0 aliphatic heterocycles. The number of hydrogen-bond acceptors (Lipinski definition) is 4. The Morgan fingerprint density at radius 3 is 2.79 bits per heavy atom. The van der Waals surface area contributed by atoms with Crippen molar-refractivity contribution in [1.82, 2.24) is 5.32 Å². The Morgan fingerprint density at radius 1 is 1.37 bits per heavy atom. The molecule has 1 aromatic carbocycles. The third-order valence-electron chi connectivity index (χ3n) is 3.00. The number of hydrogen-bond donors (Lipinski definition) is 3. The van der Waals surface area contributed by atoms with Crippen LogP contribution in [0.15, 0.2) is 35.0 Å². The second kappa shape index (κ2) is 6.14. The molecule has 19 heavy (non-hydrogen) atoms. The molecular formula is C14H16FNO2S. The van der Waals surface area contributed by atoms with Crippen LogP contribution in [0.5, 0.6) is 5.75 Å². The van der Waals surface area contributed by atoms with Gasteiger partial charge in [-0.05, 0) is 35.4 Å². The minimum Gasteiger partial charge on any atom is -0.508 e. The molecule has 0 saturated carbocycles. The van der Waals surface area contributed by atoms with Crippen LogP contribution in [-0.4, -0.2) is 16.8 Å². The Labute approximate surface area is 115 Å². The molecule has 102 valence electrons. The minimum absolute atomic E-state index is 0.0787. The fraction of sp³-hybridized carbons (Fsp3) is 0.286.